The third-order valence-electron chi connectivity index (χ3n) is 2.75. The zero-order valence-electron chi connectivity index (χ0n) is 10.4. The van der Waals surface area contributed by atoms with Crippen LogP contribution in [0, 0.1) is 12.7 Å². The van der Waals surface area contributed by atoms with Gasteiger partial charge in [-0.25, -0.2) is 4.39 Å². The fourth-order valence-electron chi connectivity index (χ4n) is 1.74. The van der Waals surface area contributed by atoms with Gasteiger partial charge >= 0.3 is 0 Å². The molecule has 2 aromatic carbocycles. The van der Waals surface area contributed by atoms with Crippen LogP contribution >= 0.6 is 0 Å². The highest BCUT2D eigenvalue weighted by Crippen LogP contribution is 2.31. The first-order chi connectivity index (χ1) is 8.59. The van der Waals surface area contributed by atoms with E-state index in [1.165, 1.54) is 0 Å². The van der Waals surface area contributed by atoms with Crippen molar-refractivity contribution in [2.75, 3.05) is 0 Å². The monoisotopic (exact) mass is 246 g/mol. The van der Waals surface area contributed by atoms with Crippen LogP contribution in [0.15, 0.2) is 42.5 Å². The molecule has 0 bridgehead atoms. The third kappa shape index (κ3) is 2.51. The van der Waals surface area contributed by atoms with Crippen molar-refractivity contribution >= 4 is 0 Å². The Kier molecular flexibility index (Phi) is 3.63. The molecule has 18 heavy (non-hydrogen) atoms. The van der Waals surface area contributed by atoms with Crippen molar-refractivity contribution in [2.24, 2.45) is 0 Å². The zero-order chi connectivity index (χ0) is 13.1. The Balaban J connectivity index is 2.37. The minimum Gasteiger partial charge on any atom is -0.454 e. The Hall–Kier alpha value is -1.87. The molecule has 0 aliphatic rings. The molecule has 0 fully saturated rings. The van der Waals surface area contributed by atoms with Crippen LogP contribution in [-0.2, 0) is 0 Å². The number of ether oxygens (including phenoxy) is 1. The van der Waals surface area contributed by atoms with Gasteiger partial charge in [-0.2, -0.15) is 0 Å². The molecule has 1 atom stereocenters. The summed E-state index contributed by atoms with van der Waals surface area (Å²) >= 11 is 0. The molecule has 0 unspecified atom stereocenters. The standard InChI is InChI=1S/C15H15FO2/c1-10-6-5-9-14(15(10)16)18-13-8-4-3-7-12(13)11(2)17/h3-9,11,17H,1-2H3/t11-/m1/s1. The second kappa shape index (κ2) is 5.19. The summed E-state index contributed by atoms with van der Waals surface area (Å²) in [6, 6.07) is 12.1. The first-order valence-electron chi connectivity index (χ1n) is 5.79. The lowest BCUT2D eigenvalue weighted by atomic mass is 10.1. The van der Waals surface area contributed by atoms with Crippen LogP contribution in [0.5, 0.6) is 11.5 Å². The van der Waals surface area contributed by atoms with E-state index in [-0.39, 0.29) is 11.6 Å². The SMILES string of the molecule is Cc1cccc(Oc2ccccc2[C@@H](C)O)c1F. The van der Waals surface area contributed by atoms with Crippen LogP contribution in [0.4, 0.5) is 4.39 Å². The highest BCUT2D eigenvalue weighted by Gasteiger charge is 2.12. The second-order valence-corrected chi connectivity index (χ2v) is 4.20. The Morgan fingerprint density at radius 2 is 1.72 bits per heavy atom. The van der Waals surface area contributed by atoms with E-state index in [2.05, 4.69) is 0 Å². The number of para-hydroxylation sites is 1. The van der Waals surface area contributed by atoms with Gasteiger partial charge in [-0.1, -0.05) is 30.3 Å². The molecular formula is C15H15FO2. The van der Waals surface area contributed by atoms with Gasteiger partial charge in [-0.05, 0) is 31.5 Å². The van der Waals surface area contributed by atoms with E-state index in [9.17, 15) is 9.50 Å². The predicted molar refractivity (Wildman–Crippen MR) is 68.3 cm³/mol. The van der Waals surface area contributed by atoms with E-state index in [1.54, 1.807) is 50.2 Å². The third-order valence-corrected chi connectivity index (χ3v) is 2.75. The zero-order valence-corrected chi connectivity index (χ0v) is 10.4. The minimum absolute atomic E-state index is 0.170. The summed E-state index contributed by atoms with van der Waals surface area (Å²) in [5.74, 6) is 0.262. The molecule has 1 N–H and O–H groups in total. The average molecular weight is 246 g/mol. The average Bonchev–Trinajstić information content (AvgIpc) is 2.35. The summed E-state index contributed by atoms with van der Waals surface area (Å²) in [5.41, 5.74) is 1.17. The van der Waals surface area contributed by atoms with E-state index < -0.39 is 6.10 Å². The highest BCUT2D eigenvalue weighted by atomic mass is 19.1. The second-order valence-electron chi connectivity index (χ2n) is 4.20. The van der Waals surface area contributed by atoms with Crippen LogP contribution < -0.4 is 4.74 Å². The molecule has 2 rings (SSSR count). The number of aliphatic hydroxyl groups is 1. The maximum atomic E-state index is 13.8. The van der Waals surface area contributed by atoms with Crippen molar-refractivity contribution in [3.8, 4) is 11.5 Å². The molecule has 0 saturated heterocycles. The van der Waals surface area contributed by atoms with Crippen molar-refractivity contribution < 1.29 is 14.2 Å². The Morgan fingerprint density at radius 3 is 2.44 bits per heavy atom. The predicted octanol–water partition coefficient (Wildman–Crippen LogP) is 3.98. The van der Waals surface area contributed by atoms with Crippen LogP contribution in [0.1, 0.15) is 24.2 Å². The van der Waals surface area contributed by atoms with Crippen molar-refractivity contribution in [3.05, 3.63) is 59.4 Å². The lowest BCUT2D eigenvalue weighted by Gasteiger charge is -2.13. The maximum absolute atomic E-state index is 13.8. The number of benzene rings is 2. The van der Waals surface area contributed by atoms with E-state index in [0.717, 1.165) is 0 Å². The van der Waals surface area contributed by atoms with E-state index in [4.69, 9.17) is 4.74 Å². The summed E-state index contributed by atoms with van der Waals surface area (Å²) in [6.45, 7) is 3.33. The van der Waals surface area contributed by atoms with Crippen molar-refractivity contribution in [2.45, 2.75) is 20.0 Å². The number of aliphatic hydroxyl groups excluding tert-OH is 1. The van der Waals surface area contributed by atoms with Crippen LogP contribution in [0.2, 0.25) is 0 Å². The minimum atomic E-state index is -0.658. The Morgan fingerprint density at radius 1 is 1.06 bits per heavy atom. The first-order valence-corrected chi connectivity index (χ1v) is 5.79. The van der Waals surface area contributed by atoms with Gasteiger partial charge in [0.25, 0.3) is 0 Å². The van der Waals surface area contributed by atoms with E-state index in [1.807, 2.05) is 6.07 Å². The number of halogens is 1. The van der Waals surface area contributed by atoms with Gasteiger partial charge in [0.1, 0.15) is 5.75 Å². The van der Waals surface area contributed by atoms with Gasteiger partial charge in [-0.3, -0.25) is 0 Å². The number of aryl methyl sites for hydroxylation is 1. The molecule has 0 spiro atoms. The summed E-state index contributed by atoms with van der Waals surface area (Å²) in [5, 5.41) is 9.63. The smallest absolute Gasteiger partial charge is 0.168 e. The molecule has 0 amide bonds. The van der Waals surface area contributed by atoms with E-state index >= 15 is 0 Å². The molecule has 2 aromatic rings. The lowest BCUT2D eigenvalue weighted by molar-refractivity contribution is 0.195. The van der Waals surface area contributed by atoms with Gasteiger partial charge in [0, 0.05) is 5.56 Å². The topological polar surface area (TPSA) is 29.5 Å². The van der Waals surface area contributed by atoms with Crippen LogP contribution in [-0.4, -0.2) is 5.11 Å². The highest BCUT2D eigenvalue weighted by molar-refractivity contribution is 5.40. The molecule has 0 saturated carbocycles. The van der Waals surface area contributed by atoms with Gasteiger partial charge < -0.3 is 9.84 Å². The summed E-state index contributed by atoms with van der Waals surface area (Å²) in [4.78, 5) is 0. The van der Waals surface area contributed by atoms with Crippen LogP contribution in [0.25, 0.3) is 0 Å². The maximum Gasteiger partial charge on any atom is 0.168 e. The largest absolute Gasteiger partial charge is 0.454 e. The molecule has 94 valence electrons. The Labute approximate surface area is 106 Å². The van der Waals surface area contributed by atoms with Gasteiger partial charge in [0.05, 0.1) is 6.10 Å². The van der Waals surface area contributed by atoms with Gasteiger partial charge in [-0.15, -0.1) is 0 Å². The van der Waals surface area contributed by atoms with Crippen molar-refractivity contribution in [1.29, 1.82) is 0 Å². The molecule has 3 heteroatoms. The van der Waals surface area contributed by atoms with E-state index in [0.29, 0.717) is 16.9 Å². The molecule has 0 aliphatic heterocycles. The van der Waals surface area contributed by atoms with Crippen LogP contribution in [0.3, 0.4) is 0 Å². The summed E-state index contributed by atoms with van der Waals surface area (Å²) in [7, 11) is 0. The fraction of sp³-hybridized carbons (Fsp3) is 0.200. The quantitative estimate of drug-likeness (QED) is 0.887. The molecular weight excluding hydrogens is 231 g/mol. The van der Waals surface area contributed by atoms with Gasteiger partial charge in [0.2, 0.25) is 0 Å². The summed E-state index contributed by atoms with van der Waals surface area (Å²) in [6.07, 6.45) is -0.658. The van der Waals surface area contributed by atoms with Gasteiger partial charge in [0.15, 0.2) is 11.6 Å². The number of rotatable bonds is 3. The molecule has 0 aromatic heterocycles. The number of hydrogen-bond acceptors (Lipinski definition) is 2. The first kappa shape index (κ1) is 12.6. The normalized spacial score (nSPS) is 12.2. The Bertz CT molecular complexity index is 550. The van der Waals surface area contributed by atoms with Crippen molar-refractivity contribution in [1.82, 2.24) is 0 Å². The lowest BCUT2D eigenvalue weighted by Crippen LogP contribution is -1.97. The number of hydrogen-bond donors (Lipinski definition) is 1. The molecule has 2 nitrogen and oxygen atoms in total. The van der Waals surface area contributed by atoms with Crippen molar-refractivity contribution in [3.63, 3.8) is 0 Å². The summed E-state index contributed by atoms with van der Waals surface area (Å²) < 4.78 is 19.4. The molecule has 0 aliphatic carbocycles. The molecule has 0 heterocycles. The fourth-order valence-corrected chi connectivity index (χ4v) is 1.74. The molecule has 0 radical (unpaired) electrons.